The van der Waals surface area contributed by atoms with Crippen LogP contribution in [0.1, 0.15) is 53.7 Å². The number of benzene rings is 3. The maximum atomic E-state index is 14.9. The second kappa shape index (κ2) is 15.9. The average Bonchev–Trinajstić information content (AvgIpc) is 3.02. The Morgan fingerprint density at radius 2 is 1.66 bits per heavy atom. The number of nitrogens with one attached hydrogen (secondary N) is 2. The molecule has 1 atom stereocenters. The van der Waals surface area contributed by atoms with E-state index in [2.05, 4.69) is 54.6 Å². The lowest BCUT2D eigenvalue weighted by atomic mass is 9.96. The summed E-state index contributed by atoms with van der Waals surface area (Å²) in [6.45, 7) is 12.1. The number of halogens is 4. The number of alkyl halides is 3. The van der Waals surface area contributed by atoms with Crippen LogP contribution in [0, 0.1) is 11.7 Å². The summed E-state index contributed by atoms with van der Waals surface area (Å²) in [6, 6.07) is 21.8. The summed E-state index contributed by atoms with van der Waals surface area (Å²) < 4.78 is 47.5. The van der Waals surface area contributed by atoms with Crippen molar-refractivity contribution in [2.75, 3.05) is 39.8 Å². The van der Waals surface area contributed by atoms with Gasteiger partial charge in [-0.2, -0.15) is 13.2 Å². The van der Waals surface area contributed by atoms with E-state index in [-0.39, 0.29) is 11.7 Å². The van der Waals surface area contributed by atoms with Crippen molar-refractivity contribution < 1.29 is 36.7 Å². The number of rotatable bonds is 8. The van der Waals surface area contributed by atoms with Crippen molar-refractivity contribution >= 4 is 11.9 Å². The number of nitrogens with zero attached hydrogens (tertiary/aromatic N) is 2. The van der Waals surface area contributed by atoms with Gasteiger partial charge in [0.25, 0.3) is 5.91 Å². The third kappa shape index (κ3) is 10.9. The van der Waals surface area contributed by atoms with E-state index in [1.54, 1.807) is 6.07 Å². The fourth-order valence-corrected chi connectivity index (χ4v) is 6.17. The van der Waals surface area contributed by atoms with Gasteiger partial charge in [-0.1, -0.05) is 43.3 Å². The molecule has 2 fully saturated rings. The van der Waals surface area contributed by atoms with E-state index < -0.39 is 12.1 Å². The maximum absolute atomic E-state index is 14.9. The van der Waals surface area contributed by atoms with Gasteiger partial charge in [-0.05, 0) is 72.7 Å². The molecule has 3 aromatic rings. The molecule has 0 radical (unpaired) electrons. The monoisotopic (exact) mass is 656 g/mol. The summed E-state index contributed by atoms with van der Waals surface area (Å²) >= 11 is 0. The number of hydrogen-bond donors (Lipinski definition) is 2. The van der Waals surface area contributed by atoms with Crippen LogP contribution in [-0.4, -0.2) is 73.2 Å². The van der Waals surface area contributed by atoms with E-state index in [0.29, 0.717) is 23.7 Å². The van der Waals surface area contributed by atoms with Crippen molar-refractivity contribution in [3.8, 4) is 11.1 Å². The number of carbonyl (C=O) groups excluding carboxylic acids is 2. The van der Waals surface area contributed by atoms with Crippen molar-refractivity contribution in [1.82, 2.24) is 15.5 Å². The minimum atomic E-state index is -5.19. The zero-order valence-electron chi connectivity index (χ0n) is 27.2. The van der Waals surface area contributed by atoms with Gasteiger partial charge in [-0.3, -0.25) is 9.69 Å². The molecule has 0 unspecified atom stereocenters. The first-order valence-electron chi connectivity index (χ1n) is 16.0. The van der Waals surface area contributed by atoms with Crippen LogP contribution in [0.2, 0.25) is 0 Å². The number of piperidine rings is 1. The third-order valence-electron chi connectivity index (χ3n) is 8.89. The predicted octanol–water partition coefficient (Wildman–Crippen LogP) is 4.89. The zero-order valence-corrected chi connectivity index (χ0v) is 27.2. The van der Waals surface area contributed by atoms with Gasteiger partial charge in [-0.25, -0.2) is 4.39 Å². The first-order valence-corrected chi connectivity index (χ1v) is 16.0. The molecule has 2 saturated heterocycles. The number of aliphatic carboxylic acids is 1. The number of quaternary nitrogens is 1. The third-order valence-corrected chi connectivity index (χ3v) is 8.89. The van der Waals surface area contributed by atoms with Crippen molar-refractivity contribution in [2.45, 2.75) is 58.5 Å². The quantitative estimate of drug-likeness (QED) is 0.267. The van der Waals surface area contributed by atoms with E-state index in [9.17, 15) is 22.4 Å². The smallest absolute Gasteiger partial charge is 0.430 e. The molecule has 0 saturated carbocycles. The molecule has 47 heavy (non-hydrogen) atoms. The average molecular weight is 657 g/mol. The molecule has 2 N–H and O–H groups in total. The zero-order chi connectivity index (χ0) is 34.2. The van der Waals surface area contributed by atoms with Crippen molar-refractivity contribution in [1.29, 1.82) is 0 Å². The van der Waals surface area contributed by atoms with E-state index in [1.807, 2.05) is 36.4 Å². The fraction of sp³-hybridized carbons (Fsp3) is 0.444. The summed E-state index contributed by atoms with van der Waals surface area (Å²) in [5.74, 6) is -2.55. The Kier molecular flexibility index (Phi) is 12.2. The molecule has 3 aromatic carbocycles. The number of carboxylic acid groups (broad SMARTS) is 1. The molecule has 7 nitrogen and oxygen atoms in total. The summed E-state index contributed by atoms with van der Waals surface area (Å²) in [5, 5.41) is 15.3. The molecule has 2 heterocycles. The Morgan fingerprint density at radius 1 is 0.979 bits per heavy atom. The van der Waals surface area contributed by atoms with Crippen LogP contribution in [-0.2, 0) is 24.4 Å². The van der Waals surface area contributed by atoms with Crippen LogP contribution in [0.3, 0.4) is 0 Å². The van der Waals surface area contributed by atoms with Gasteiger partial charge in [0.15, 0.2) is 0 Å². The largest absolute Gasteiger partial charge is 0.542 e. The van der Waals surface area contributed by atoms with Gasteiger partial charge >= 0.3 is 6.18 Å². The summed E-state index contributed by atoms with van der Waals surface area (Å²) in [5.41, 5.74) is 5.36. The number of piperazine rings is 1. The Labute approximate surface area is 274 Å². The molecule has 5 rings (SSSR count). The molecular weight excluding hydrogens is 612 g/mol. The lowest BCUT2D eigenvalue weighted by Crippen LogP contribution is -2.48. The van der Waals surface area contributed by atoms with E-state index in [4.69, 9.17) is 9.90 Å². The molecule has 11 heteroatoms. The Bertz CT molecular complexity index is 1520. The molecule has 0 aliphatic carbocycles. The first kappa shape index (κ1) is 36.0. The molecule has 0 aromatic heterocycles. The fourth-order valence-electron chi connectivity index (χ4n) is 6.17. The Morgan fingerprint density at radius 3 is 2.34 bits per heavy atom. The molecule has 254 valence electrons. The second-order valence-corrected chi connectivity index (χ2v) is 13.2. The van der Waals surface area contributed by atoms with Gasteiger partial charge < -0.3 is 25.0 Å². The maximum Gasteiger partial charge on any atom is 0.430 e. The number of carboxylic acids is 1. The van der Waals surface area contributed by atoms with Crippen LogP contribution >= 0.6 is 0 Å². The highest BCUT2D eigenvalue weighted by atomic mass is 19.4. The topological polar surface area (TPSA) is 84.5 Å². The molecular formula is C36H44F4N4O3. The molecule has 0 bridgehead atoms. The minimum absolute atomic E-state index is 0.102. The highest BCUT2D eigenvalue weighted by molar-refractivity contribution is 5.94. The summed E-state index contributed by atoms with van der Waals surface area (Å²) in [6.07, 6.45) is -2.67. The van der Waals surface area contributed by atoms with E-state index in [1.165, 1.54) is 43.1 Å². The van der Waals surface area contributed by atoms with Gasteiger partial charge in [-0.15, -0.1) is 0 Å². The highest BCUT2D eigenvalue weighted by Crippen LogP contribution is 2.27. The summed E-state index contributed by atoms with van der Waals surface area (Å²) in [4.78, 5) is 24.3. The molecule has 2 aliphatic rings. The predicted molar refractivity (Wildman–Crippen MR) is 171 cm³/mol. The number of amides is 1. The number of carbonyl (C=O) groups is 2. The SMILES string of the molecule is CC1CC[N+](C)(Cc2cccc(C(=O)NCc3ccc(F)c(-c4cccc(CN5CCN[C@@H](C)C5)c4)c3)c2)CC1.O=C([O-])C(F)(F)F. The van der Waals surface area contributed by atoms with Crippen molar-refractivity contribution in [2.24, 2.45) is 5.92 Å². The van der Waals surface area contributed by atoms with Gasteiger partial charge in [0, 0.05) is 55.5 Å². The minimum Gasteiger partial charge on any atom is -0.542 e. The molecule has 1 amide bonds. The van der Waals surface area contributed by atoms with E-state index in [0.717, 1.165) is 54.3 Å². The highest BCUT2D eigenvalue weighted by Gasteiger charge is 2.29. The van der Waals surface area contributed by atoms with Crippen LogP contribution in [0.4, 0.5) is 17.6 Å². The molecule has 0 spiro atoms. The van der Waals surface area contributed by atoms with Gasteiger partial charge in [0.2, 0.25) is 0 Å². The Hall–Kier alpha value is -3.80. The normalized spacial score (nSPS) is 21.8. The summed E-state index contributed by atoms with van der Waals surface area (Å²) in [7, 11) is 2.33. The molecule has 2 aliphatic heterocycles. The van der Waals surface area contributed by atoms with Gasteiger partial charge in [0.05, 0.1) is 20.1 Å². The van der Waals surface area contributed by atoms with Crippen LogP contribution in [0.15, 0.2) is 66.7 Å². The number of hydrogen-bond acceptors (Lipinski definition) is 5. The first-order chi connectivity index (χ1) is 22.2. The van der Waals surface area contributed by atoms with Crippen molar-refractivity contribution in [3.63, 3.8) is 0 Å². The van der Waals surface area contributed by atoms with Gasteiger partial charge in [0.1, 0.15) is 18.3 Å². The second-order valence-electron chi connectivity index (χ2n) is 13.2. The standard InChI is InChI=1S/C34H43FN4O.C2HF3O2/c1-25-12-16-39(3,17-13-25)24-29-7-5-9-31(19-29)34(40)37-21-27-10-11-33(35)32(20-27)30-8-4-6-28(18-30)23-38-15-14-36-26(2)22-38;3-2(4,5)1(6)7/h4-11,18-20,25-26,36H,12-17,21-24H2,1-3H3;(H,6,7)/t25?,26-,39?;/m0./s1. The van der Waals surface area contributed by atoms with Crippen LogP contribution in [0.5, 0.6) is 0 Å². The number of likely N-dealkylation sites (tertiary alicyclic amines) is 1. The van der Waals surface area contributed by atoms with Crippen LogP contribution in [0.25, 0.3) is 11.1 Å². The van der Waals surface area contributed by atoms with Crippen molar-refractivity contribution in [3.05, 3.63) is 94.8 Å². The lowest BCUT2D eigenvalue weighted by Gasteiger charge is -2.40. The van der Waals surface area contributed by atoms with E-state index >= 15 is 0 Å². The Balaban J connectivity index is 0.000000644. The van der Waals surface area contributed by atoms with Crippen LogP contribution < -0.4 is 15.7 Å². The lowest BCUT2D eigenvalue weighted by molar-refractivity contribution is -0.928.